The molecule has 1 fully saturated rings. The van der Waals surface area contributed by atoms with Crippen LogP contribution >= 0.6 is 0 Å². The second-order valence-electron chi connectivity index (χ2n) is 7.08. The number of pyridine rings is 1. The Morgan fingerprint density at radius 2 is 1.61 bits per heavy atom. The number of benzene rings is 1. The SMILES string of the molecule is COc1cc(Nc2ccc3nnc(C4CCCCC4)n3c2)cc(OC)c1OC. The number of nitrogens with one attached hydrogen (secondary N) is 1. The quantitative estimate of drug-likeness (QED) is 0.675. The largest absolute Gasteiger partial charge is 0.493 e. The molecule has 2 heterocycles. The van der Waals surface area contributed by atoms with Crippen LogP contribution in [0, 0.1) is 0 Å². The highest BCUT2D eigenvalue weighted by molar-refractivity contribution is 5.68. The van der Waals surface area contributed by atoms with Crippen LogP contribution in [0.2, 0.25) is 0 Å². The van der Waals surface area contributed by atoms with Crippen molar-refractivity contribution in [1.82, 2.24) is 14.6 Å². The van der Waals surface area contributed by atoms with Crippen LogP contribution in [0.5, 0.6) is 17.2 Å². The lowest BCUT2D eigenvalue weighted by Crippen LogP contribution is -2.09. The van der Waals surface area contributed by atoms with Crippen molar-refractivity contribution < 1.29 is 14.2 Å². The smallest absolute Gasteiger partial charge is 0.203 e. The van der Waals surface area contributed by atoms with Crippen molar-refractivity contribution in [3.05, 3.63) is 36.3 Å². The zero-order valence-electron chi connectivity index (χ0n) is 16.6. The number of hydrogen-bond acceptors (Lipinski definition) is 6. The molecular weight excluding hydrogens is 356 g/mol. The van der Waals surface area contributed by atoms with E-state index >= 15 is 0 Å². The standard InChI is InChI=1S/C21H26N4O3/c1-26-17-11-16(12-18(27-2)20(17)28-3)22-15-9-10-19-23-24-21(25(19)13-15)14-7-5-4-6-8-14/h9-14,22H,4-8H2,1-3H3. The average Bonchev–Trinajstić information content (AvgIpc) is 3.16. The zero-order valence-corrected chi connectivity index (χ0v) is 16.6. The number of aromatic nitrogens is 3. The lowest BCUT2D eigenvalue weighted by atomic mass is 9.89. The third-order valence-electron chi connectivity index (χ3n) is 5.35. The molecule has 1 saturated carbocycles. The van der Waals surface area contributed by atoms with Crippen LogP contribution in [-0.2, 0) is 0 Å². The Morgan fingerprint density at radius 3 is 2.25 bits per heavy atom. The minimum atomic E-state index is 0.486. The summed E-state index contributed by atoms with van der Waals surface area (Å²) in [5.41, 5.74) is 2.66. The highest BCUT2D eigenvalue weighted by atomic mass is 16.5. The van der Waals surface area contributed by atoms with Gasteiger partial charge in [-0.1, -0.05) is 19.3 Å². The van der Waals surface area contributed by atoms with E-state index in [4.69, 9.17) is 14.2 Å². The molecule has 1 aliphatic carbocycles. The lowest BCUT2D eigenvalue weighted by Gasteiger charge is -2.20. The summed E-state index contributed by atoms with van der Waals surface area (Å²) < 4.78 is 18.4. The zero-order chi connectivity index (χ0) is 19.5. The first-order valence-electron chi connectivity index (χ1n) is 9.65. The van der Waals surface area contributed by atoms with E-state index in [1.165, 1.54) is 32.1 Å². The molecule has 0 bridgehead atoms. The Labute approximate surface area is 164 Å². The normalized spacial score (nSPS) is 14.8. The molecule has 0 saturated heterocycles. The molecule has 0 radical (unpaired) electrons. The summed E-state index contributed by atoms with van der Waals surface area (Å²) in [6.07, 6.45) is 8.28. The summed E-state index contributed by atoms with van der Waals surface area (Å²) >= 11 is 0. The maximum Gasteiger partial charge on any atom is 0.203 e. The van der Waals surface area contributed by atoms with E-state index in [2.05, 4.69) is 26.1 Å². The Balaban J connectivity index is 1.66. The van der Waals surface area contributed by atoms with Crippen LogP contribution in [0.4, 0.5) is 11.4 Å². The van der Waals surface area contributed by atoms with Crippen molar-refractivity contribution in [2.45, 2.75) is 38.0 Å². The molecule has 0 atom stereocenters. The lowest BCUT2D eigenvalue weighted by molar-refractivity contribution is 0.324. The molecule has 0 amide bonds. The number of fused-ring (bicyclic) bond motifs is 1. The van der Waals surface area contributed by atoms with Gasteiger partial charge in [0.15, 0.2) is 17.1 Å². The fourth-order valence-electron chi connectivity index (χ4n) is 3.94. The van der Waals surface area contributed by atoms with Gasteiger partial charge >= 0.3 is 0 Å². The van der Waals surface area contributed by atoms with Gasteiger partial charge in [-0.2, -0.15) is 0 Å². The van der Waals surface area contributed by atoms with Gasteiger partial charge in [-0.25, -0.2) is 0 Å². The first kappa shape index (κ1) is 18.4. The van der Waals surface area contributed by atoms with E-state index in [1.54, 1.807) is 21.3 Å². The van der Waals surface area contributed by atoms with Crippen molar-refractivity contribution in [1.29, 1.82) is 0 Å². The van der Waals surface area contributed by atoms with E-state index in [0.29, 0.717) is 23.2 Å². The van der Waals surface area contributed by atoms with Crippen LogP contribution in [0.25, 0.3) is 5.65 Å². The summed E-state index contributed by atoms with van der Waals surface area (Å²) in [5, 5.41) is 12.2. The number of ether oxygens (including phenoxy) is 3. The van der Waals surface area contributed by atoms with Crippen LogP contribution in [0.15, 0.2) is 30.5 Å². The predicted molar refractivity (Wildman–Crippen MR) is 108 cm³/mol. The van der Waals surface area contributed by atoms with Crippen LogP contribution in [0.1, 0.15) is 43.8 Å². The van der Waals surface area contributed by atoms with Crippen LogP contribution in [0.3, 0.4) is 0 Å². The summed E-state index contributed by atoms with van der Waals surface area (Å²) in [7, 11) is 4.82. The van der Waals surface area contributed by atoms with Gasteiger partial charge in [-0.3, -0.25) is 4.40 Å². The van der Waals surface area contributed by atoms with Gasteiger partial charge in [0, 0.05) is 29.9 Å². The van der Waals surface area contributed by atoms with Crippen LogP contribution in [-0.4, -0.2) is 35.9 Å². The van der Waals surface area contributed by atoms with E-state index in [9.17, 15) is 0 Å². The molecule has 0 spiro atoms. The molecule has 1 aliphatic rings. The minimum absolute atomic E-state index is 0.486. The van der Waals surface area contributed by atoms with Crippen molar-refractivity contribution in [2.24, 2.45) is 0 Å². The molecule has 1 aromatic carbocycles. The number of hydrogen-bond donors (Lipinski definition) is 1. The number of rotatable bonds is 6. The van der Waals surface area contributed by atoms with Crippen LogP contribution < -0.4 is 19.5 Å². The molecule has 28 heavy (non-hydrogen) atoms. The maximum atomic E-state index is 5.44. The van der Waals surface area contributed by atoms with Gasteiger partial charge in [0.1, 0.15) is 5.82 Å². The Hall–Kier alpha value is -2.96. The number of methoxy groups -OCH3 is 3. The summed E-state index contributed by atoms with van der Waals surface area (Å²) in [5.74, 6) is 3.34. The molecule has 4 rings (SSSR count). The fraction of sp³-hybridized carbons (Fsp3) is 0.429. The number of anilines is 2. The predicted octanol–water partition coefficient (Wildman–Crippen LogP) is 4.55. The molecule has 7 nitrogen and oxygen atoms in total. The highest BCUT2D eigenvalue weighted by Crippen LogP contribution is 2.40. The monoisotopic (exact) mass is 382 g/mol. The molecule has 3 aromatic rings. The Kier molecular flexibility index (Phi) is 5.23. The Bertz CT molecular complexity index is 938. The maximum absolute atomic E-state index is 5.44. The molecule has 2 aromatic heterocycles. The third kappa shape index (κ3) is 3.44. The second-order valence-corrected chi connectivity index (χ2v) is 7.08. The topological polar surface area (TPSA) is 69.9 Å². The molecule has 148 valence electrons. The fourth-order valence-corrected chi connectivity index (χ4v) is 3.94. The van der Waals surface area contributed by atoms with Gasteiger partial charge in [-0.05, 0) is 25.0 Å². The van der Waals surface area contributed by atoms with E-state index in [1.807, 2.05) is 24.3 Å². The van der Waals surface area contributed by atoms with Crippen molar-refractivity contribution in [2.75, 3.05) is 26.6 Å². The van der Waals surface area contributed by atoms with Crippen molar-refractivity contribution in [3.63, 3.8) is 0 Å². The summed E-state index contributed by atoms with van der Waals surface area (Å²) in [6.45, 7) is 0. The minimum Gasteiger partial charge on any atom is -0.493 e. The average molecular weight is 382 g/mol. The molecule has 0 aliphatic heterocycles. The van der Waals surface area contributed by atoms with Crippen molar-refractivity contribution in [3.8, 4) is 17.2 Å². The van der Waals surface area contributed by atoms with Gasteiger partial charge in [0.05, 0.1) is 27.0 Å². The summed E-state index contributed by atoms with van der Waals surface area (Å²) in [4.78, 5) is 0. The van der Waals surface area contributed by atoms with E-state index < -0.39 is 0 Å². The molecular formula is C21H26N4O3. The van der Waals surface area contributed by atoms with Gasteiger partial charge in [0.2, 0.25) is 5.75 Å². The third-order valence-corrected chi connectivity index (χ3v) is 5.35. The first-order chi connectivity index (χ1) is 13.7. The molecule has 1 N–H and O–H groups in total. The van der Waals surface area contributed by atoms with Crippen molar-refractivity contribution >= 4 is 17.0 Å². The first-order valence-corrected chi connectivity index (χ1v) is 9.65. The van der Waals surface area contributed by atoms with E-state index in [-0.39, 0.29) is 0 Å². The highest BCUT2D eigenvalue weighted by Gasteiger charge is 2.21. The summed E-state index contributed by atoms with van der Waals surface area (Å²) in [6, 6.07) is 7.76. The van der Waals surface area contributed by atoms with Gasteiger partial charge < -0.3 is 19.5 Å². The van der Waals surface area contributed by atoms with Gasteiger partial charge in [-0.15, -0.1) is 10.2 Å². The second kappa shape index (κ2) is 7.96. The molecule has 0 unspecified atom stereocenters. The number of nitrogens with zero attached hydrogens (tertiary/aromatic N) is 3. The van der Waals surface area contributed by atoms with Gasteiger partial charge in [0.25, 0.3) is 0 Å². The Morgan fingerprint density at radius 1 is 0.893 bits per heavy atom. The van der Waals surface area contributed by atoms with E-state index in [0.717, 1.165) is 22.8 Å². The molecule has 7 heteroatoms.